The third-order valence-corrected chi connectivity index (χ3v) is 7.38. The zero-order chi connectivity index (χ0) is 30.0. The number of anilines is 2. The Labute approximate surface area is 248 Å². The Morgan fingerprint density at radius 1 is 1.12 bits per heavy atom. The first kappa shape index (κ1) is 25.9. The van der Waals surface area contributed by atoms with E-state index in [1.54, 1.807) is 29.1 Å². The number of hydrogen-bond donors (Lipinski definition) is 2. The van der Waals surface area contributed by atoms with Crippen molar-refractivity contribution in [2.24, 2.45) is 0 Å². The van der Waals surface area contributed by atoms with Gasteiger partial charge in [0.2, 0.25) is 5.95 Å². The van der Waals surface area contributed by atoms with Gasteiger partial charge >= 0.3 is 0 Å². The normalized spacial score (nSPS) is 15.2. The largest absolute Gasteiger partial charge is 0.377 e. The first-order valence-electron chi connectivity index (χ1n) is 13.9. The third-order valence-electron chi connectivity index (χ3n) is 7.10. The van der Waals surface area contributed by atoms with E-state index in [9.17, 15) is 11.9 Å². The molecule has 2 atom stereocenters. The topological polar surface area (TPSA) is 128 Å². The molecule has 3 heterocycles. The smallest absolute Gasteiger partial charge is 0.218 e. The number of nitriles is 2. The summed E-state index contributed by atoms with van der Waals surface area (Å²) in [7, 11) is 0. The summed E-state index contributed by atoms with van der Waals surface area (Å²) in [5, 5.41) is 35.1. The van der Waals surface area contributed by atoms with Crippen molar-refractivity contribution >= 4 is 33.9 Å². The van der Waals surface area contributed by atoms with Crippen molar-refractivity contribution in [1.29, 1.82) is 10.5 Å². The van der Waals surface area contributed by atoms with Crippen LogP contribution in [0.4, 0.5) is 15.8 Å². The Balaban J connectivity index is 1.47. The second-order valence-corrected chi connectivity index (χ2v) is 10.4. The second kappa shape index (κ2) is 11.8. The van der Waals surface area contributed by atoms with Gasteiger partial charge in [-0.05, 0) is 43.0 Å². The molecule has 1 fully saturated rings. The van der Waals surface area contributed by atoms with Gasteiger partial charge in [0.05, 0.1) is 47.5 Å². The van der Waals surface area contributed by atoms with Crippen LogP contribution in [-0.2, 0) is 0 Å². The van der Waals surface area contributed by atoms with E-state index in [1.165, 1.54) is 18.5 Å². The molecule has 0 amide bonds. The highest BCUT2D eigenvalue weighted by Crippen LogP contribution is 2.38. The van der Waals surface area contributed by atoms with Crippen LogP contribution >= 0.6 is 11.6 Å². The molecule has 6 rings (SSSR count). The minimum atomic E-state index is -1.92. The number of fused-ring (bicyclic) bond motifs is 1. The fourth-order valence-electron chi connectivity index (χ4n) is 4.86. The molecule has 9 nitrogen and oxygen atoms in total. The first-order chi connectivity index (χ1) is 20.9. The van der Waals surface area contributed by atoms with Crippen LogP contribution in [0.2, 0.25) is 5.02 Å². The van der Waals surface area contributed by atoms with Crippen LogP contribution < -0.4 is 10.6 Å². The molecule has 2 aromatic carbocycles. The number of pyridine rings is 2. The van der Waals surface area contributed by atoms with E-state index in [2.05, 4.69) is 43.1 Å². The Kier molecular flexibility index (Phi) is 7.28. The average Bonchev–Trinajstić information content (AvgIpc) is 3.75. The molecule has 2 N–H and O–H groups in total. The molecule has 5 aromatic rings. The van der Waals surface area contributed by atoms with E-state index >= 15 is 4.39 Å². The van der Waals surface area contributed by atoms with E-state index in [-0.39, 0.29) is 33.9 Å². The lowest BCUT2D eigenvalue weighted by Crippen LogP contribution is -2.16. The number of aromatic nitrogens is 5. The van der Waals surface area contributed by atoms with Crippen LogP contribution in [-0.4, -0.2) is 25.0 Å². The molecule has 11 heteroatoms. The predicted molar refractivity (Wildman–Crippen MR) is 157 cm³/mol. The maximum Gasteiger partial charge on any atom is 0.218 e. The lowest BCUT2D eigenvalue weighted by Gasteiger charge is -2.23. The molecule has 0 saturated heterocycles. The van der Waals surface area contributed by atoms with Crippen molar-refractivity contribution in [2.75, 3.05) is 10.6 Å². The number of halogens is 2. The van der Waals surface area contributed by atoms with Crippen LogP contribution in [0, 0.1) is 28.6 Å². The molecule has 208 valence electrons. The quantitative estimate of drug-likeness (QED) is 0.172. The van der Waals surface area contributed by atoms with Crippen LogP contribution in [0.5, 0.6) is 0 Å². The summed E-state index contributed by atoms with van der Waals surface area (Å²) in [5.74, 6) is -0.822. The summed E-state index contributed by atoms with van der Waals surface area (Å²) in [6.07, 6.45) is 7.13. The minimum Gasteiger partial charge on any atom is -0.377 e. The minimum absolute atomic E-state index is 0.0445. The van der Waals surface area contributed by atoms with Gasteiger partial charge in [-0.25, -0.2) is 9.67 Å². The van der Waals surface area contributed by atoms with E-state index in [1.807, 2.05) is 30.3 Å². The van der Waals surface area contributed by atoms with Gasteiger partial charge < -0.3 is 10.6 Å². The van der Waals surface area contributed by atoms with Gasteiger partial charge in [0.15, 0.2) is 0 Å². The predicted octanol–water partition coefficient (Wildman–Crippen LogP) is 6.88. The molecule has 42 heavy (non-hydrogen) atoms. The lowest BCUT2D eigenvalue weighted by atomic mass is 10.00. The maximum absolute atomic E-state index is 15.1. The molecule has 1 aliphatic carbocycles. The fourth-order valence-corrected chi connectivity index (χ4v) is 5.13. The summed E-state index contributed by atoms with van der Waals surface area (Å²) < 4.78 is 26.3. The second-order valence-electron chi connectivity index (χ2n) is 9.97. The third kappa shape index (κ3) is 5.58. The molecule has 0 bridgehead atoms. The summed E-state index contributed by atoms with van der Waals surface area (Å²) >= 11 is 6.74. The maximum atomic E-state index is 15.1. The van der Waals surface area contributed by atoms with Gasteiger partial charge in [-0.15, -0.1) is 5.10 Å². The first-order valence-corrected chi connectivity index (χ1v) is 13.8. The zero-order valence-corrected chi connectivity index (χ0v) is 23.1. The van der Waals surface area contributed by atoms with E-state index < -0.39 is 12.0 Å². The van der Waals surface area contributed by atoms with E-state index in [0.29, 0.717) is 35.1 Å². The van der Waals surface area contributed by atoms with Gasteiger partial charge in [-0.2, -0.15) is 14.9 Å². The average molecular weight is 579 g/mol. The Hall–Kier alpha value is -5.06. The number of rotatable bonds is 10. The van der Waals surface area contributed by atoms with Crippen molar-refractivity contribution in [3.05, 3.63) is 107 Å². The van der Waals surface area contributed by atoms with Crippen molar-refractivity contribution < 1.29 is 5.76 Å². The van der Waals surface area contributed by atoms with Crippen LogP contribution in [0.1, 0.15) is 67.5 Å². The highest BCUT2D eigenvalue weighted by molar-refractivity contribution is 6.35. The van der Waals surface area contributed by atoms with E-state index in [4.69, 9.17) is 11.6 Å². The molecule has 0 aliphatic heterocycles. The molecule has 2 unspecified atom stereocenters. The summed E-state index contributed by atoms with van der Waals surface area (Å²) in [6, 6.07) is 18.4. The monoisotopic (exact) mass is 578 g/mol. The highest BCUT2D eigenvalue weighted by Gasteiger charge is 2.28. The number of benzene rings is 2. The highest BCUT2D eigenvalue weighted by atomic mass is 35.5. The SMILES string of the molecule is [2H]C(Nc1cc(Cl)c2ncc(C#N)c(NC(CCC#N)c3ccccc3)c2c1)(c1cn(C2CC2)nn1)c1cccnc1F. The standard InChI is InChI=1S/C31H25ClFN9/c32-25-15-21(38-30(23-8-5-13-36-31(23)33)27-18-42(41-40-27)22-10-11-22)14-24-28(20(16-35)17-37-29(24)25)39-26(9-4-12-34)19-6-2-1-3-7-19/h1-3,5-8,13-15,17-18,22,26,30,38H,4,9-11H2,(H,37,39)/i30D. The van der Waals surface area contributed by atoms with Gasteiger partial charge in [0.1, 0.15) is 17.8 Å². The van der Waals surface area contributed by atoms with Crippen molar-refractivity contribution in [3.63, 3.8) is 0 Å². The summed E-state index contributed by atoms with van der Waals surface area (Å²) in [6.45, 7) is 0. The molecular weight excluding hydrogens is 553 g/mol. The summed E-state index contributed by atoms with van der Waals surface area (Å²) in [5.41, 5.74) is 2.65. The molecule has 0 radical (unpaired) electrons. The van der Waals surface area contributed by atoms with Crippen LogP contribution in [0.3, 0.4) is 0 Å². The molecular formula is C31H25ClFN9. The van der Waals surface area contributed by atoms with Gasteiger partial charge in [0, 0.05) is 35.5 Å². The van der Waals surface area contributed by atoms with Crippen molar-refractivity contribution in [3.8, 4) is 12.1 Å². The number of hydrogen-bond acceptors (Lipinski definition) is 8. The van der Waals surface area contributed by atoms with Crippen molar-refractivity contribution in [1.82, 2.24) is 25.0 Å². The summed E-state index contributed by atoms with van der Waals surface area (Å²) in [4.78, 5) is 8.21. The fraction of sp³-hybridized carbons (Fsp3) is 0.226. The van der Waals surface area contributed by atoms with Gasteiger partial charge in [0.25, 0.3) is 0 Å². The number of nitrogens with zero attached hydrogens (tertiary/aromatic N) is 7. The van der Waals surface area contributed by atoms with Crippen LogP contribution in [0.25, 0.3) is 10.9 Å². The molecule has 3 aromatic heterocycles. The number of nitrogens with one attached hydrogen (secondary N) is 2. The Morgan fingerprint density at radius 2 is 1.95 bits per heavy atom. The van der Waals surface area contributed by atoms with Gasteiger partial charge in [-0.1, -0.05) is 53.2 Å². The zero-order valence-electron chi connectivity index (χ0n) is 23.3. The molecule has 0 spiro atoms. The van der Waals surface area contributed by atoms with Crippen LogP contribution in [0.15, 0.2) is 73.2 Å². The lowest BCUT2D eigenvalue weighted by molar-refractivity contribution is 0.560. The molecule has 1 aliphatic rings. The Morgan fingerprint density at radius 3 is 2.69 bits per heavy atom. The molecule has 1 saturated carbocycles. The van der Waals surface area contributed by atoms with Crippen molar-refractivity contribution in [2.45, 2.75) is 43.8 Å². The Bertz CT molecular complexity index is 1880. The van der Waals surface area contributed by atoms with Gasteiger partial charge in [-0.3, -0.25) is 4.98 Å². The van der Waals surface area contributed by atoms with E-state index in [0.717, 1.165) is 18.4 Å².